The Hall–Kier alpha value is -2.50. The standard InChI is InChI=1S/C17H23N5O/c1-21-16(9-11-19-21)20-17(23)18-10-5-13-22-12-4-7-14-6-2-3-8-15(14)22/h2-3,6,8-9,11H,4-5,7,10,12-13H2,1H3,(H2,18,20,23). The summed E-state index contributed by atoms with van der Waals surface area (Å²) in [5, 5.41) is 9.69. The second kappa shape index (κ2) is 7.17. The Morgan fingerprint density at radius 1 is 1.30 bits per heavy atom. The van der Waals surface area contributed by atoms with E-state index >= 15 is 0 Å². The molecule has 2 amide bonds. The minimum absolute atomic E-state index is 0.187. The Balaban J connectivity index is 1.42. The first-order chi connectivity index (χ1) is 11.2. The largest absolute Gasteiger partial charge is 0.371 e. The molecular formula is C17H23N5O. The molecule has 122 valence electrons. The third-order valence-electron chi connectivity index (χ3n) is 4.16. The predicted octanol–water partition coefficient (Wildman–Crippen LogP) is 2.38. The Morgan fingerprint density at radius 2 is 2.17 bits per heavy atom. The predicted molar refractivity (Wildman–Crippen MR) is 91.8 cm³/mol. The number of nitrogens with one attached hydrogen (secondary N) is 2. The molecule has 6 nitrogen and oxygen atoms in total. The SMILES string of the molecule is Cn1nccc1NC(=O)NCCCN1CCCc2ccccc21. The molecule has 0 unspecified atom stereocenters. The fourth-order valence-corrected chi connectivity index (χ4v) is 2.97. The first-order valence-electron chi connectivity index (χ1n) is 8.10. The zero-order valence-corrected chi connectivity index (χ0v) is 13.5. The van der Waals surface area contributed by atoms with Crippen molar-refractivity contribution in [1.82, 2.24) is 15.1 Å². The summed E-state index contributed by atoms with van der Waals surface area (Å²) in [5.74, 6) is 0.687. The lowest BCUT2D eigenvalue weighted by atomic mass is 10.0. The van der Waals surface area contributed by atoms with Crippen LogP contribution in [0.15, 0.2) is 36.5 Å². The average molecular weight is 313 g/mol. The second-order valence-corrected chi connectivity index (χ2v) is 5.79. The lowest BCUT2D eigenvalue weighted by molar-refractivity contribution is 0.252. The van der Waals surface area contributed by atoms with E-state index in [1.54, 1.807) is 24.0 Å². The highest BCUT2D eigenvalue weighted by Crippen LogP contribution is 2.26. The van der Waals surface area contributed by atoms with Crippen LogP contribution in [-0.2, 0) is 13.5 Å². The monoisotopic (exact) mass is 313 g/mol. The Bertz CT molecular complexity index is 667. The number of urea groups is 1. The molecular weight excluding hydrogens is 290 g/mol. The third kappa shape index (κ3) is 3.83. The van der Waals surface area contributed by atoms with Gasteiger partial charge >= 0.3 is 6.03 Å². The molecule has 0 saturated heterocycles. The van der Waals surface area contributed by atoms with Crippen molar-refractivity contribution in [2.24, 2.45) is 7.05 Å². The molecule has 0 saturated carbocycles. The summed E-state index contributed by atoms with van der Waals surface area (Å²) in [4.78, 5) is 14.3. The van der Waals surface area contributed by atoms with Crippen molar-refractivity contribution in [3.63, 3.8) is 0 Å². The molecule has 1 aliphatic rings. The number of fused-ring (bicyclic) bond motifs is 1. The highest BCUT2D eigenvalue weighted by molar-refractivity contribution is 5.88. The first kappa shape index (κ1) is 15.4. The number of benzene rings is 1. The summed E-state index contributed by atoms with van der Waals surface area (Å²) in [6.45, 7) is 2.71. The highest BCUT2D eigenvalue weighted by atomic mass is 16.2. The fourth-order valence-electron chi connectivity index (χ4n) is 2.97. The average Bonchev–Trinajstić information content (AvgIpc) is 2.96. The van der Waals surface area contributed by atoms with E-state index in [0.717, 1.165) is 25.9 Å². The van der Waals surface area contributed by atoms with E-state index < -0.39 is 0 Å². The van der Waals surface area contributed by atoms with Gasteiger partial charge in [0, 0.05) is 38.4 Å². The van der Waals surface area contributed by atoms with E-state index in [1.165, 1.54) is 17.7 Å². The summed E-state index contributed by atoms with van der Waals surface area (Å²) in [7, 11) is 1.80. The fraction of sp³-hybridized carbons (Fsp3) is 0.412. The molecule has 0 spiro atoms. The van der Waals surface area contributed by atoms with Gasteiger partial charge in [-0.25, -0.2) is 4.79 Å². The molecule has 2 N–H and O–H groups in total. The van der Waals surface area contributed by atoms with E-state index in [9.17, 15) is 4.79 Å². The van der Waals surface area contributed by atoms with Crippen molar-refractivity contribution in [2.45, 2.75) is 19.3 Å². The van der Waals surface area contributed by atoms with Gasteiger partial charge in [0.2, 0.25) is 0 Å². The van der Waals surface area contributed by atoms with Crippen LogP contribution in [0.3, 0.4) is 0 Å². The molecule has 0 fully saturated rings. The number of anilines is 2. The van der Waals surface area contributed by atoms with Gasteiger partial charge < -0.3 is 10.2 Å². The summed E-state index contributed by atoms with van der Waals surface area (Å²) in [6.07, 6.45) is 4.94. The lowest BCUT2D eigenvalue weighted by Crippen LogP contribution is -2.34. The summed E-state index contributed by atoms with van der Waals surface area (Å²) < 4.78 is 1.63. The number of para-hydroxylation sites is 1. The molecule has 1 aromatic heterocycles. The number of aromatic nitrogens is 2. The molecule has 0 aliphatic carbocycles. The zero-order chi connectivity index (χ0) is 16.1. The van der Waals surface area contributed by atoms with Crippen LogP contribution in [0.5, 0.6) is 0 Å². The number of amides is 2. The van der Waals surface area contributed by atoms with Crippen LogP contribution in [0.4, 0.5) is 16.3 Å². The first-order valence-corrected chi connectivity index (χ1v) is 8.10. The van der Waals surface area contributed by atoms with Gasteiger partial charge in [0.05, 0.1) is 6.20 Å². The zero-order valence-electron chi connectivity index (χ0n) is 13.5. The van der Waals surface area contributed by atoms with Gasteiger partial charge in [-0.15, -0.1) is 0 Å². The van der Waals surface area contributed by atoms with Crippen LogP contribution in [0.25, 0.3) is 0 Å². The van der Waals surface area contributed by atoms with Crippen molar-refractivity contribution in [3.05, 3.63) is 42.1 Å². The smallest absolute Gasteiger partial charge is 0.320 e. The van der Waals surface area contributed by atoms with E-state index in [1.807, 2.05) is 0 Å². The molecule has 23 heavy (non-hydrogen) atoms. The number of hydrogen-bond donors (Lipinski definition) is 2. The van der Waals surface area contributed by atoms with E-state index in [-0.39, 0.29) is 6.03 Å². The van der Waals surface area contributed by atoms with Gasteiger partial charge in [-0.3, -0.25) is 10.00 Å². The van der Waals surface area contributed by atoms with Gasteiger partial charge in [-0.05, 0) is 30.9 Å². The number of aryl methyl sites for hydroxylation is 2. The summed E-state index contributed by atoms with van der Waals surface area (Å²) in [6, 6.07) is 10.2. The van der Waals surface area contributed by atoms with Crippen molar-refractivity contribution in [1.29, 1.82) is 0 Å². The van der Waals surface area contributed by atoms with Gasteiger partial charge in [0.25, 0.3) is 0 Å². The quantitative estimate of drug-likeness (QED) is 0.833. The molecule has 1 aromatic carbocycles. The molecule has 3 rings (SSSR count). The minimum Gasteiger partial charge on any atom is -0.371 e. The maximum atomic E-state index is 11.8. The normalized spacial score (nSPS) is 13.5. The highest BCUT2D eigenvalue weighted by Gasteiger charge is 2.15. The number of carbonyl (C=O) groups is 1. The van der Waals surface area contributed by atoms with Gasteiger partial charge in [-0.2, -0.15) is 5.10 Å². The van der Waals surface area contributed by atoms with E-state index in [0.29, 0.717) is 12.4 Å². The molecule has 2 aromatic rings. The Morgan fingerprint density at radius 3 is 3.00 bits per heavy atom. The molecule has 0 bridgehead atoms. The molecule has 1 aliphatic heterocycles. The van der Waals surface area contributed by atoms with Crippen LogP contribution in [-0.4, -0.2) is 35.4 Å². The van der Waals surface area contributed by atoms with Gasteiger partial charge in [0.1, 0.15) is 5.82 Å². The minimum atomic E-state index is -0.187. The number of nitrogens with zero attached hydrogens (tertiary/aromatic N) is 3. The van der Waals surface area contributed by atoms with Gasteiger partial charge in [-0.1, -0.05) is 18.2 Å². The maximum Gasteiger partial charge on any atom is 0.320 e. The van der Waals surface area contributed by atoms with Crippen molar-refractivity contribution >= 4 is 17.5 Å². The van der Waals surface area contributed by atoms with Gasteiger partial charge in [0.15, 0.2) is 0 Å². The van der Waals surface area contributed by atoms with Crippen LogP contribution in [0.1, 0.15) is 18.4 Å². The van der Waals surface area contributed by atoms with Crippen molar-refractivity contribution in [3.8, 4) is 0 Å². The summed E-state index contributed by atoms with van der Waals surface area (Å²) in [5.41, 5.74) is 2.78. The number of rotatable bonds is 5. The van der Waals surface area contributed by atoms with Crippen LogP contribution in [0, 0.1) is 0 Å². The van der Waals surface area contributed by atoms with E-state index in [4.69, 9.17) is 0 Å². The lowest BCUT2D eigenvalue weighted by Gasteiger charge is -2.31. The van der Waals surface area contributed by atoms with Crippen molar-refractivity contribution in [2.75, 3.05) is 29.9 Å². The number of carbonyl (C=O) groups excluding carboxylic acids is 1. The molecule has 6 heteroatoms. The Kier molecular flexibility index (Phi) is 4.80. The third-order valence-corrected chi connectivity index (χ3v) is 4.16. The van der Waals surface area contributed by atoms with Crippen LogP contribution >= 0.6 is 0 Å². The molecule has 0 atom stereocenters. The Labute approximate surface area is 136 Å². The maximum absolute atomic E-state index is 11.8. The molecule has 2 heterocycles. The second-order valence-electron chi connectivity index (χ2n) is 5.79. The summed E-state index contributed by atoms with van der Waals surface area (Å²) >= 11 is 0. The molecule has 0 radical (unpaired) electrons. The van der Waals surface area contributed by atoms with Crippen molar-refractivity contribution < 1.29 is 4.79 Å². The van der Waals surface area contributed by atoms with E-state index in [2.05, 4.69) is 44.9 Å². The topological polar surface area (TPSA) is 62.2 Å². The number of hydrogen-bond acceptors (Lipinski definition) is 3. The van der Waals surface area contributed by atoms with Crippen LogP contribution < -0.4 is 15.5 Å². The van der Waals surface area contributed by atoms with Crippen LogP contribution in [0.2, 0.25) is 0 Å².